The summed E-state index contributed by atoms with van der Waals surface area (Å²) in [4.78, 5) is 40.1. The summed E-state index contributed by atoms with van der Waals surface area (Å²) in [5, 5.41) is 13.2. The number of nitrogens with one attached hydrogen (secondary N) is 2. The molecule has 0 aliphatic rings. The highest BCUT2D eigenvalue weighted by Gasteiger charge is 2.21. The van der Waals surface area contributed by atoms with Crippen LogP contribution in [0.1, 0.15) is 28.9 Å². The van der Waals surface area contributed by atoms with Crippen LogP contribution in [0.5, 0.6) is 0 Å². The summed E-state index contributed by atoms with van der Waals surface area (Å²) in [6, 6.07) is 6.20. The van der Waals surface area contributed by atoms with Gasteiger partial charge >= 0.3 is 6.09 Å². The first kappa shape index (κ1) is 23.6. The number of pyridine rings is 2. The van der Waals surface area contributed by atoms with Crippen molar-refractivity contribution in [3.8, 4) is 11.4 Å². The number of anilines is 2. The molecule has 0 saturated heterocycles. The standard InChI is InChI=1S/C21H17ClFN9O3/c1-11(14-4-3-7-24-17(14)23)35-21(34)29-18-16(30-31-32(18)2)15-6-5-13(10-25-15)28-19(33)12-8-26-20(22)27-9-12/h3-11H,1-2H3,(H,28,33)(H,29,34)/t11-/m1/s1. The van der Waals surface area contributed by atoms with Crippen molar-refractivity contribution in [2.45, 2.75) is 13.0 Å². The Bertz CT molecular complexity index is 1360. The van der Waals surface area contributed by atoms with E-state index in [0.717, 1.165) is 0 Å². The fourth-order valence-corrected chi connectivity index (χ4v) is 3.06. The summed E-state index contributed by atoms with van der Waals surface area (Å²) in [5.74, 6) is -0.966. The zero-order valence-corrected chi connectivity index (χ0v) is 19.1. The number of halogens is 2. The maximum atomic E-state index is 13.8. The van der Waals surface area contributed by atoms with Gasteiger partial charge in [0, 0.05) is 31.2 Å². The Morgan fingerprint density at radius 1 is 1.09 bits per heavy atom. The molecule has 178 valence electrons. The van der Waals surface area contributed by atoms with E-state index in [1.165, 1.54) is 42.5 Å². The first-order valence-electron chi connectivity index (χ1n) is 10.0. The second-order valence-corrected chi connectivity index (χ2v) is 7.43. The summed E-state index contributed by atoms with van der Waals surface area (Å²) >= 11 is 5.63. The molecular weight excluding hydrogens is 481 g/mol. The van der Waals surface area contributed by atoms with E-state index >= 15 is 0 Å². The normalized spacial score (nSPS) is 11.5. The molecule has 12 nitrogen and oxygen atoms in total. The van der Waals surface area contributed by atoms with Crippen molar-refractivity contribution in [1.82, 2.24) is 34.9 Å². The number of ether oxygens (including phenoxy) is 1. The number of nitrogens with zero attached hydrogens (tertiary/aromatic N) is 7. The van der Waals surface area contributed by atoms with Crippen LogP contribution >= 0.6 is 11.6 Å². The molecule has 0 radical (unpaired) electrons. The predicted molar refractivity (Wildman–Crippen MR) is 122 cm³/mol. The summed E-state index contributed by atoms with van der Waals surface area (Å²) < 4.78 is 20.4. The first-order valence-corrected chi connectivity index (χ1v) is 10.4. The second-order valence-electron chi connectivity index (χ2n) is 7.09. The van der Waals surface area contributed by atoms with Crippen LogP contribution in [0.3, 0.4) is 0 Å². The number of carbonyl (C=O) groups is 2. The maximum absolute atomic E-state index is 13.8. The minimum Gasteiger partial charge on any atom is -0.441 e. The Morgan fingerprint density at radius 2 is 1.86 bits per heavy atom. The molecule has 1 atom stereocenters. The molecule has 2 N–H and O–H groups in total. The zero-order valence-electron chi connectivity index (χ0n) is 18.3. The van der Waals surface area contributed by atoms with E-state index < -0.39 is 24.1 Å². The Hall–Kier alpha value is -4.52. The predicted octanol–water partition coefficient (Wildman–Crippen LogP) is 3.42. The third-order valence-corrected chi connectivity index (χ3v) is 4.90. The lowest BCUT2D eigenvalue weighted by Crippen LogP contribution is -2.19. The van der Waals surface area contributed by atoms with Gasteiger partial charge < -0.3 is 10.1 Å². The highest BCUT2D eigenvalue weighted by atomic mass is 35.5. The summed E-state index contributed by atoms with van der Waals surface area (Å²) in [6.07, 6.45) is 3.57. The van der Waals surface area contributed by atoms with E-state index in [9.17, 15) is 14.0 Å². The summed E-state index contributed by atoms with van der Waals surface area (Å²) in [6.45, 7) is 1.52. The van der Waals surface area contributed by atoms with Crippen LogP contribution in [-0.2, 0) is 11.8 Å². The van der Waals surface area contributed by atoms with Gasteiger partial charge in [-0.2, -0.15) is 4.39 Å². The van der Waals surface area contributed by atoms with E-state index in [4.69, 9.17) is 16.3 Å². The Kier molecular flexibility index (Phi) is 6.87. The smallest absolute Gasteiger partial charge is 0.413 e. The molecule has 0 aromatic carbocycles. The zero-order chi connectivity index (χ0) is 24.9. The minimum absolute atomic E-state index is 0.0310. The Labute approximate surface area is 202 Å². The van der Waals surface area contributed by atoms with E-state index in [-0.39, 0.29) is 27.9 Å². The van der Waals surface area contributed by atoms with Crippen molar-refractivity contribution in [2.75, 3.05) is 10.6 Å². The number of hydrogen-bond donors (Lipinski definition) is 2. The lowest BCUT2D eigenvalue weighted by atomic mass is 10.2. The van der Waals surface area contributed by atoms with E-state index in [1.54, 1.807) is 25.2 Å². The molecule has 35 heavy (non-hydrogen) atoms. The fraction of sp³-hybridized carbons (Fsp3) is 0.143. The average Bonchev–Trinajstić information content (AvgIpc) is 3.20. The van der Waals surface area contributed by atoms with Gasteiger partial charge in [-0.25, -0.2) is 24.4 Å². The van der Waals surface area contributed by atoms with Crippen LogP contribution in [0.2, 0.25) is 5.28 Å². The van der Waals surface area contributed by atoms with Crippen LogP contribution < -0.4 is 10.6 Å². The molecular formula is C21H17ClFN9O3. The summed E-state index contributed by atoms with van der Waals surface area (Å²) in [7, 11) is 1.57. The van der Waals surface area contributed by atoms with Crippen molar-refractivity contribution >= 4 is 35.1 Å². The molecule has 0 bridgehead atoms. The largest absolute Gasteiger partial charge is 0.441 e. The fourth-order valence-electron chi connectivity index (χ4n) is 2.96. The van der Waals surface area contributed by atoms with Crippen molar-refractivity contribution in [3.63, 3.8) is 0 Å². The third-order valence-electron chi connectivity index (χ3n) is 4.70. The molecule has 0 aliphatic heterocycles. The molecule has 2 amide bonds. The number of rotatable bonds is 6. The second kappa shape index (κ2) is 10.2. The van der Waals surface area contributed by atoms with Crippen molar-refractivity contribution in [1.29, 1.82) is 0 Å². The highest BCUT2D eigenvalue weighted by Crippen LogP contribution is 2.25. The van der Waals surface area contributed by atoms with Gasteiger partial charge in [0.1, 0.15) is 6.10 Å². The first-order chi connectivity index (χ1) is 16.8. The molecule has 14 heteroatoms. The van der Waals surface area contributed by atoms with Crippen LogP contribution in [0.15, 0.2) is 49.1 Å². The molecule has 0 saturated carbocycles. The molecule has 0 unspecified atom stereocenters. The quantitative estimate of drug-likeness (QED) is 0.301. The van der Waals surface area contributed by atoms with Gasteiger partial charge in [-0.15, -0.1) is 5.10 Å². The minimum atomic E-state index is -0.889. The highest BCUT2D eigenvalue weighted by molar-refractivity contribution is 6.28. The maximum Gasteiger partial charge on any atom is 0.413 e. The summed E-state index contributed by atoms with van der Waals surface area (Å²) in [5.41, 5.74) is 1.38. The van der Waals surface area contributed by atoms with E-state index in [0.29, 0.717) is 11.4 Å². The van der Waals surface area contributed by atoms with Crippen LogP contribution in [0.4, 0.5) is 20.7 Å². The van der Waals surface area contributed by atoms with Crippen LogP contribution in [-0.4, -0.2) is 46.9 Å². The number of carbonyl (C=O) groups excluding carboxylic acids is 2. The molecule has 0 fully saturated rings. The van der Waals surface area contributed by atoms with Gasteiger partial charge in [0.05, 0.1) is 23.1 Å². The Morgan fingerprint density at radius 3 is 2.54 bits per heavy atom. The number of hydrogen-bond acceptors (Lipinski definition) is 9. The average molecular weight is 498 g/mol. The van der Waals surface area contributed by atoms with Gasteiger partial charge in [-0.3, -0.25) is 15.1 Å². The molecule has 0 spiro atoms. The molecule has 4 rings (SSSR count). The SMILES string of the molecule is C[C@@H](OC(=O)Nc1c(-c2ccc(NC(=O)c3cnc(Cl)nc3)cn2)nnn1C)c1cccnc1F. The van der Waals surface area contributed by atoms with Crippen molar-refractivity contribution in [3.05, 3.63) is 71.4 Å². The van der Waals surface area contributed by atoms with Crippen LogP contribution in [0.25, 0.3) is 11.4 Å². The molecule has 4 aromatic rings. The van der Waals surface area contributed by atoms with E-state index in [1.807, 2.05) is 0 Å². The van der Waals surface area contributed by atoms with Gasteiger partial charge in [0.25, 0.3) is 5.91 Å². The van der Waals surface area contributed by atoms with Gasteiger partial charge in [0.2, 0.25) is 11.2 Å². The molecule has 0 aliphatic carbocycles. The van der Waals surface area contributed by atoms with Crippen molar-refractivity contribution < 1.29 is 18.7 Å². The van der Waals surface area contributed by atoms with Gasteiger partial charge in [-0.05, 0) is 42.8 Å². The lowest BCUT2D eigenvalue weighted by Gasteiger charge is -2.14. The Balaban J connectivity index is 1.45. The van der Waals surface area contributed by atoms with Gasteiger partial charge in [0.15, 0.2) is 11.5 Å². The number of aromatic nitrogens is 7. The van der Waals surface area contributed by atoms with Crippen molar-refractivity contribution in [2.24, 2.45) is 7.05 Å². The number of aryl methyl sites for hydroxylation is 1. The van der Waals surface area contributed by atoms with E-state index in [2.05, 4.69) is 40.9 Å². The molecule has 4 aromatic heterocycles. The topological polar surface area (TPSA) is 150 Å². The number of amides is 2. The van der Waals surface area contributed by atoms with Crippen LogP contribution in [0, 0.1) is 5.95 Å². The third kappa shape index (κ3) is 5.52. The monoisotopic (exact) mass is 497 g/mol. The molecule has 4 heterocycles. The van der Waals surface area contributed by atoms with Gasteiger partial charge in [-0.1, -0.05) is 5.21 Å². The lowest BCUT2D eigenvalue weighted by molar-refractivity contribution is 0.102.